The number of rotatable bonds is 6. The summed E-state index contributed by atoms with van der Waals surface area (Å²) in [7, 11) is 0. The van der Waals surface area contributed by atoms with Crippen LogP contribution in [-0.4, -0.2) is 33.1 Å². The van der Waals surface area contributed by atoms with Crippen molar-refractivity contribution < 1.29 is 15.3 Å². The summed E-state index contributed by atoms with van der Waals surface area (Å²) >= 11 is 0. The number of aliphatic hydroxyl groups excluding tert-OH is 2. The van der Waals surface area contributed by atoms with Crippen LogP contribution in [0.4, 0.5) is 0 Å². The third kappa shape index (κ3) is 5.54. The Kier molecular flexibility index (Phi) is 7.61. The molecule has 31 heavy (non-hydrogen) atoms. The Morgan fingerprint density at radius 2 is 1.90 bits per heavy atom. The number of allylic oxidation sites excluding steroid dienone is 3. The van der Waals surface area contributed by atoms with Crippen LogP contribution in [0.3, 0.4) is 0 Å². The lowest BCUT2D eigenvalue weighted by atomic mass is 9.59. The highest BCUT2D eigenvalue weighted by atomic mass is 16.3. The molecule has 0 heterocycles. The van der Waals surface area contributed by atoms with Gasteiger partial charge in [0, 0.05) is 6.42 Å². The second kappa shape index (κ2) is 9.53. The number of aliphatic hydroxyl groups is 3. The minimum Gasteiger partial charge on any atom is -0.393 e. The topological polar surface area (TPSA) is 60.7 Å². The molecule has 7 atom stereocenters. The maximum absolute atomic E-state index is 10.2. The van der Waals surface area contributed by atoms with Crippen LogP contribution in [0.25, 0.3) is 0 Å². The highest BCUT2D eigenvalue weighted by Gasteiger charge is 2.51. The van der Waals surface area contributed by atoms with Crippen molar-refractivity contribution in [3.63, 3.8) is 0 Å². The van der Waals surface area contributed by atoms with E-state index < -0.39 is 17.8 Å². The molecule has 3 aliphatic carbocycles. The summed E-state index contributed by atoms with van der Waals surface area (Å²) in [5, 5.41) is 30.4. The van der Waals surface area contributed by atoms with Gasteiger partial charge in [0.05, 0.1) is 17.8 Å². The minimum atomic E-state index is -0.618. The van der Waals surface area contributed by atoms with Crippen LogP contribution in [0.5, 0.6) is 0 Å². The van der Waals surface area contributed by atoms with E-state index in [4.69, 9.17) is 0 Å². The average molecular weight is 431 g/mol. The maximum atomic E-state index is 10.2. The van der Waals surface area contributed by atoms with Gasteiger partial charge >= 0.3 is 0 Å². The van der Waals surface area contributed by atoms with Crippen molar-refractivity contribution in [2.75, 3.05) is 0 Å². The molecule has 0 aromatic heterocycles. The van der Waals surface area contributed by atoms with Crippen LogP contribution in [0.2, 0.25) is 0 Å². The van der Waals surface area contributed by atoms with E-state index in [1.165, 1.54) is 25.7 Å². The molecule has 3 aliphatic rings. The molecule has 0 spiro atoms. The van der Waals surface area contributed by atoms with E-state index in [-0.39, 0.29) is 0 Å². The predicted molar refractivity (Wildman–Crippen MR) is 129 cm³/mol. The van der Waals surface area contributed by atoms with E-state index >= 15 is 0 Å². The van der Waals surface area contributed by atoms with Crippen molar-refractivity contribution in [2.24, 2.45) is 29.1 Å². The molecule has 176 valence electrons. The second-order valence-corrected chi connectivity index (χ2v) is 11.9. The molecule has 0 aromatic rings. The van der Waals surface area contributed by atoms with Gasteiger partial charge in [-0.05, 0) is 105 Å². The first-order valence-electron chi connectivity index (χ1n) is 12.6. The van der Waals surface area contributed by atoms with E-state index in [0.29, 0.717) is 36.0 Å². The Balaban J connectivity index is 1.74. The van der Waals surface area contributed by atoms with Crippen LogP contribution in [0.15, 0.2) is 35.5 Å². The van der Waals surface area contributed by atoms with Crippen molar-refractivity contribution in [1.29, 1.82) is 0 Å². The Morgan fingerprint density at radius 3 is 2.58 bits per heavy atom. The first kappa shape index (κ1) is 24.7. The van der Waals surface area contributed by atoms with Gasteiger partial charge in [-0.25, -0.2) is 0 Å². The third-order valence-corrected chi connectivity index (χ3v) is 9.05. The molecular formula is C28H46O3. The van der Waals surface area contributed by atoms with Crippen molar-refractivity contribution in [2.45, 2.75) is 110 Å². The third-order valence-electron chi connectivity index (χ3n) is 9.05. The van der Waals surface area contributed by atoms with Crippen molar-refractivity contribution in [1.82, 2.24) is 0 Å². The Morgan fingerprint density at radius 1 is 1.19 bits per heavy atom. The molecule has 0 bridgehead atoms. The van der Waals surface area contributed by atoms with Crippen LogP contribution in [0.1, 0.15) is 92.4 Å². The van der Waals surface area contributed by atoms with Crippen LogP contribution < -0.4 is 0 Å². The molecule has 3 saturated carbocycles. The summed E-state index contributed by atoms with van der Waals surface area (Å²) in [6, 6.07) is 0. The van der Waals surface area contributed by atoms with Gasteiger partial charge in [0.2, 0.25) is 0 Å². The molecule has 3 rings (SSSR count). The van der Waals surface area contributed by atoms with Crippen molar-refractivity contribution in [3.8, 4) is 0 Å². The van der Waals surface area contributed by atoms with E-state index in [1.807, 2.05) is 13.8 Å². The standard InChI is InChI=1S/C28H46O3/c1-18(13-15-27(4,5)31)19(2)24-11-12-25-21(8-7-14-28(24,25)6)9-10-22-16-23(29)17-26(30)20(22)3/h9-10,18-19,23-26,29-31H,3,7-8,11-17H2,1-2,4-6H3/b21-9?,22-10-/t18-,19+,23-,24-,25?,26-,28-/m1/s1. The number of hydrogen-bond donors (Lipinski definition) is 3. The SMILES string of the molecule is C=C1/C(=C\C=C2CCC[C@@]3(C)C2CC[C@@H]3[C@@H](C)[C@H](C)CCC(C)(C)O)C[C@@H](O)C[C@H]1O. The Labute approximate surface area is 190 Å². The Hall–Kier alpha value is -0.900. The molecule has 0 saturated heterocycles. The molecular weight excluding hydrogens is 384 g/mol. The molecule has 0 aliphatic heterocycles. The molecule has 3 fully saturated rings. The zero-order valence-electron chi connectivity index (χ0n) is 20.5. The lowest BCUT2D eigenvalue weighted by Crippen LogP contribution is -2.37. The molecule has 1 unspecified atom stereocenters. The number of fused-ring (bicyclic) bond motifs is 1. The molecule has 3 heteroatoms. The zero-order valence-corrected chi connectivity index (χ0v) is 20.5. The summed E-state index contributed by atoms with van der Waals surface area (Å²) in [6.07, 6.45) is 12.6. The van der Waals surface area contributed by atoms with Gasteiger partial charge in [-0.3, -0.25) is 0 Å². The van der Waals surface area contributed by atoms with Gasteiger partial charge < -0.3 is 15.3 Å². The predicted octanol–water partition coefficient (Wildman–Crippen LogP) is 5.95. The Bertz CT molecular complexity index is 712. The van der Waals surface area contributed by atoms with Gasteiger partial charge in [0.25, 0.3) is 0 Å². The van der Waals surface area contributed by atoms with Gasteiger partial charge in [-0.1, -0.05) is 45.1 Å². The van der Waals surface area contributed by atoms with E-state index in [1.54, 1.807) is 5.57 Å². The van der Waals surface area contributed by atoms with Crippen LogP contribution in [-0.2, 0) is 0 Å². The van der Waals surface area contributed by atoms with Crippen molar-refractivity contribution >= 4 is 0 Å². The smallest absolute Gasteiger partial charge is 0.0811 e. The normalized spacial score (nSPS) is 39.0. The molecule has 0 radical (unpaired) electrons. The number of hydrogen-bond acceptors (Lipinski definition) is 3. The van der Waals surface area contributed by atoms with E-state index in [0.717, 1.165) is 36.3 Å². The van der Waals surface area contributed by atoms with E-state index in [2.05, 4.69) is 39.5 Å². The monoisotopic (exact) mass is 430 g/mol. The average Bonchev–Trinajstić information content (AvgIpc) is 3.04. The lowest BCUT2D eigenvalue weighted by Gasteiger charge is -2.45. The van der Waals surface area contributed by atoms with Gasteiger partial charge in [0.1, 0.15) is 0 Å². The van der Waals surface area contributed by atoms with Crippen molar-refractivity contribution in [3.05, 3.63) is 35.5 Å². The summed E-state index contributed by atoms with van der Waals surface area (Å²) in [6.45, 7) is 15.3. The summed E-state index contributed by atoms with van der Waals surface area (Å²) in [5.74, 6) is 2.66. The fraction of sp³-hybridized carbons (Fsp3) is 0.786. The first-order chi connectivity index (χ1) is 14.4. The summed E-state index contributed by atoms with van der Waals surface area (Å²) in [4.78, 5) is 0. The molecule has 3 nitrogen and oxygen atoms in total. The molecule has 3 N–H and O–H groups in total. The van der Waals surface area contributed by atoms with Crippen LogP contribution >= 0.6 is 0 Å². The molecule has 0 aromatic carbocycles. The largest absolute Gasteiger partial charge is 0.393 e. The van der Waals surface area contributed by atoms with E-state index in [9.17, 15) is 15.3 Å². The van der Waals surface area contributed by atoms with Gasteiger partial charge in [0.15, 0.2) is 0 Å². The fourth-order valence-corrected chi connectivity index (χ4v) is 6.85. The second-order valence-electron chi connectivity index (χ2n) is 11.9. The highest BCUT2D eigenvalue weighted by Crippen LogP contribution is 2.60. The van der Waals surface area contributed by atoms with Gasteiger partial charge in [-0.15, -0.1) is 0 Å². The van der Waals surface area contributed by atoms with Crippen LogP contribution in [0, 0.1) is 29.1 Å². The highest BCUT2D eigenvalue weighted by molar-refractivity contribution is 5.38. The lowest BCUT2D eigenvalue weighted by molar-refractivity contribution is 0.0447. The quantitative estimate of drug-likeness (QED) is 0.488. The summed E-state index contributed by atoms with van der Waals surface area (Å²) in [5.41, 5.74) is 3.12. The fourth-order valence-electron chi connectivity index (χ4n) is 6.85. The summed E-state index contributed by atoms with van der Waals surface area (Å²) < 4.78 is 0. The zero-order chi connectivity index (χ0) is 23.0. The minimum absolute atomic E-state index is 0.355. The van der Waals surface area contributed by atoms with Gasteiger partial charge in [-0.2, -0.15) is 0 Å². The molecule has 0 amide bonds. The first-order valence-corrected chi connectivity index (χ1v) is 12.6. The maximum Gasteiger partial charge on any atom is 0.0811 e.